The van der Waals surface area contributed by atoms with Crippen molar-refractivity contribution in [2.45, 2.75) is 38.6 Å². The zero-order chi connectivity index (χ0) is 20.9. The zero-order valence-corrected chi connectivity index (χ0v) is 17.6. The van der Waals surface area contributed by atoms with Crippen LogP contribution in [0.3, 0.4) is 0 Å². The van der Waals surface area contributed by atoms with Gasteiger partial charge >= 0.3 is 0 Å². The van der Waals surface area contributed by atoms with Gasteiger partial charge in [0.05, 0.1) is 12.5 Å². The van der Waals surface area contributed by atoms with Crippen LogP contribution < -0.4 is 4.74 Å². The van der Waals surface area contributed by atoms with Crippen LogP contribution >= 0.6 is 11.6 Å². The highest BCUT2D eigenvalue weighted by Crippen LogP contribution is 2.30. The highest BCUT2D eigenvalue weighted by molar-refractivity contribution is 6.30. The number of nitrogens with zero attached hydrogens (tertiary/aromatic N) is 3. The Morgan fingerprint density at radius 2 is 2.07 bits per heavy atom. The van der Waals surface area contributed by atoms with Crippen LogP contribution in [-0.2, 0) is 11.3 Å². The van der Waals surface area contributed by atoms with Gasteiger partial charge < -0.3 is 14.2 Å². The van der Waals surface area contributed by atoms with Crippen molar-refractivity contribution < 1.29 is 14.1 Å². The second kappa shape index (κ2) is 9.30. The van der Waals surface area contributed by atoms with Crippen molar-refractivity contribution in [2.24, 2.45) is 0 Å². The zero-order valence-electron chi connectivity index (χ0n) is 16.9. The van der Waals surface area contributed by atoms with E-state index in [1.807, 2.05) is 53.4 Å². The minimum absolute atomic E-state index is 0.0771. The Morgan fingerprint density at radius 3 is 2.83 bits per heavy atom. The quantitative estimate of drug-likeness (QED) is 0.470. The maximum absolute atomic E-state index is 12.5. The minimum atomic E-state index is -0.102. The van der Waals surface area contributed by atoms with Gasteiger partial charge in [-0.15, -0.1) is 0 Å². The van der Waals surface area contributed by atoms with E-state index in [-0.39, 0.29) is 11.8 Å². The molecule has 1 amide bonds. The van der Waals surface area contributed by atoms with Gasteiger partial charge in [0.1, 0.15) is 5.75 Å². The van der Waals surface area contributed by atoms with E-state index in [9.17, 15) is 4.79 Å². The summed E-state index contributed by atoms with van der Waals surface area (Å²) in [4.78, 5) is 18.8. The molecule has 30 heavy (non-hydrogen) atoms. The van der Waals surface area contributed by atoms with E-state index in [1.54, 1.807) is 0 Å². The van der Waals surface area contributed by atoms with Crippen molar-refractivity contribution in [1.82, 2.24) is 15.0 Å². The highest BCUT2D eigenvalue weighted by Gasteiger charge is 2.34. The van der Waals surface area contributed by atoms with Crippen molar-refractivity contribution in [1.29, 1.82) is 0 Å². The first-order chi connectivity index (χ1) is 14.6. The number of halogens is 1. The van der Waals surface area contributed by atoms with Gasteiger partial charge in [-0.25, -0.2) is 0 Å². The van der Waals surface area contributed by atoms with Gasteiger partial charge in [-0.1, -0.05) is 42.2 Å². The molecule has 0 N–H and O–H groups in total. The smallest absolute Gasteiger partial charge is 0.232 e. The Morgan fingerprint density at radius 1 is 1.23 bits per heavy atom. The molecule has 1 aliphatic rings. The van der Waals surface area contributed by atoms with Gasteiger partial charge in [0.25, 0.3) is 0 Å². The van der Waals surface area contributed by atoms with E-state index in [0.29, 0.717) is 42.9 Å². The van der Waals surface area contributed by atoms with Gasteiger partial charge in [0.2, 0.25) is 17.6 Å². The molecule has 1 saturated heterocycles. The number of unbranched alkanes of at least 4 members (excludes halogenated alkanes) is 1. The molecular formula is C23H24ClN3O3. The summed E-state index contributed by atoms with van der Waals surface area (Å²) in [6.45, 7) is 3.92. The number of aromatic nitrogens is 2. The third-order valence-electron chi connectivity index (χ3n) is 5.15. The number of carbonyl (C=O) groups excluding carboxylic acids is 1. The SMILES string of the molecule is CCCCOc1ccc(-c2noc(C3CC(=O)N(Cc4cccc(Cl)c4)C3)n2)cc1. The van der Waals surface area contributed by atoms with E-state index in [2.05, 4.69) is 17.1 Å². The number of rotatable bonds is 8. The van der Waals surface area contributed by atoms with Crippen LogP contribution in [0, 0.1) is 0 Å². The first kappa shape index (κ1) is 20.4. The van der Waals surface area contributed by atoms with Crippen molar-refractivity contribution in [2.75, 3.05) is 13.2 Å². The molecule has 1 atom stereocenters. The summed E-state index contributed by atoms with van der Waals surface area (Å²) in [6, 6.07) is 15.2. The highest BCUT2D eigenvalue weighted by atomic mass is 35.5. The van der Waals surface area contributed by atoms with Crippen LogP contribution in [0.2, 0.25) is 5.02 Å². The van der Waals surface area contributed by atoms with Crippen molar-refractivity contribution in [3.05, 3.63) is 65.0 Å². The largest absolute Gasteiger partial charge is 0.494 e. The third-order valence-corrected chi connectivity index (χ3v) is 5.38. The molecular weight excluding hydrogens is 402 g/mol. The molecule has 0 saturated carbocycles. The summed E-state index contributed by atoms with van der Waals surface area (Å²) in [5.41, 5.74) is 1.86. The van der Waals surface area contributed by atoms with Crippen molar-refractivity contribution in [3.8, 4) is 17.1 Å². The Labute approximate surface area is 180 Å². The molecule has 0 spiro atoms. The summed E-state index contributed by atoms with van der Waals surface area (Å²) in [5.74, 6) is 1.82. The molecule has 2 heterocycles. The number of hydrogen-bond acceptors (Lipinski definition) is 5. The van der Waals surface area contributed by atoms with Crippen LogP contribution in [0.25, 0.3) is 11.4 Å². The number of likely N-dealkylation sites (tertiary alicyclic amines) is 1. The molecule has 1 unspecified atom stereocenters. The van der Waals surface area contributed by atoms with E-state index >= 15 is 0 Å². The van der Waals surface area contributed by atoms with Crippen LogP contribution in [0.15, 0.2) is 53.1 Å². The molecule has 2 aromatic carbocycles. The molecule has 7 heteroatoms. The number of ether oxygens (including phenoxy) is 1. The van der Waals surface area contributed by atoms with Gasteiger partial charge in [-0.05, 0) is 48.4 Å². The molecule has 0 radical (unpaired) electrons. The van der Waals surface area contributed by atoms with Crippen molar-refractivity contribution >= 4 is 17.5 Å². The summed E-state index contributed by atoms with van der Waals surface area (Å²) in [7, 11) is 0. The molecule has 0 aliphatic carbocycles. The first-order valence-corrected chi connectivity index (χ1v) is 10.6. The van der Waals surface area contributed by atoms with Crippen LogP contribution in [-0.4, -0.2) is 34.1 Å². The maximum Gasteiger partial charge on any atom is 0.232 e. The lowest BCUT2D eigenvalue weighted by atomic mass is 10.1. The normalized spacial score (nSPS) is 16.3. The molecule has 1 aromatic heterocycles. The topological polar surface area (TPSA) is 68.5 Å². The molecule has 3 aromatic rings. The van der Waals surface area contributed by atoms with Gasteiger partial charge in [0.15, 0.2) is 0 Å². The number of carbonyl (C=O) groups is 1. The lowest BCUT2D eigenvalue weighted by molar-refractivity contribution is -0.128. The van der Waals surface area contributed by atoms with Gasteiger partial charge in [-0.2, -0.15) is 4.98 Å². The Kier molecular flexibility index (Phi) is 6.33. The Balaban J connectivity index is 1.39. The van der Waals surface area contributed by atoms with Gasteiger partial charge in [0, 0.05) is 30.1 Å². The maximum atomic E-state index is 12.5. The molecule has 1 fully saturated rings. The lowest BCUT2D eigenvalue weighted by Gasteiger charge is -2.16. The van der Waals surface area contributed by atoms with Crippen LogP contribution in [0.5, 0.6) is 5.75 Å². The molecule has 1 aliphatic heterocycles. The Hall–Kier alpha value is -2.86. The molecule has 4 rings (SSSR count). The molecule has 156 valence electrons. The van der Waals surface area contributed by atoms with E-state index < -0.39 is 0 Å². The van der Waals surface area contributed by atoms with Gasteiger partial charge in [-0.3, -0.25) is 4.79 Å². The second-order valence-electron chi connectivity index (χ2n) is 7.49. The number of benzene rings is 2. The monoisotopic (exact) mass is 425 g/mol. The van der Waals surface area contributed by atoms with Crippen molar-refractivity contribution in [3.63, 3.8) is 0 Å². The second-order valence-corrected chi connectivity index (χ2v) is 7.92. The summed E-state index contributed by atoms with van der Waals surface area (Å²) < 4.78 is 11.2. The average molecular weight is 426 g/mol. The van der Waals surface area contributed by atoms with E-state index in [0.717, 1.165) is 29.7 Å². The van der Waals surface area contributed by atoms with Crippen LogP contribution in [0.1, 0.15) is 43.6 Å². The lowest BCUT2D eigenvalue weighted by Crippen LogP contribution is -2.24. The summed E-state index contributed by atoms with van der Waals surface area (Å²) >= 11 is 6.05. The average Bonchev–Trinajstić information content (AvgIpc) is 3.36. The number of hydrogen-bond donors (Lipinski definition) is 0. The standard InChI is InChI=1S/C23H24ClN3O3/c1-2-3-11-29-20-9-7-17(8-10-20)22-25-23(30-26-22)18-13-21(28)27(15-18)14-16-5-4-6-19(24)12-16/h4-10,12,18H,2-3,11,13-15H2,1H3. The summed E-state index contributed by atoms with van der Waals surface area (Å²) in [5, 5.41) is 4.77. The summed E-state index contributed by atoms with van der Waals surface area (Å²) in [6.07, 6.45) is 2.50. The fourth-order valence-corrected chi connectivity index (χ4v) is 3.71. The minimum Gasteiger partial charge on any atom is -0.494 e. The first-order valence-electron chi connectivity index (χ1n) is 10.2. The predicted molar refractivity (Wildman–Crippen MR) is 114 cm³/mol. The third kappa shape index (κ3) is 4.82. The molecule has 6 nitrogen and oxygen atoms in total. The Bertz CT molecular complexity index is 1000. The molecule has 0 bridgehead atoms. The van der Waals surface area contributed by atoms with E-state index in [1.165, 1.54) is 0 Å². The van der Waals surface area contributed by atoms with Crippen LogP contribution in [0.4, 0.5) is 0 Å². The number of amides is 1. The fraction of sp³-hybridized carbons (Fsp3) is 0.348. The predicted octanol–water partition coefficient (Wildman–Crippen LogP) is 5.09. The fourth-order valence-electron chi connectivity index (χ4n) is 3.50. The van der Waals surface area contributed by atoms with E-state index in [4.69, 9.17) is 20.9 Å².